The van der Waals surface area contributed by atoms with Gasteiger partial charge in [-0.3, -0.25) is 4.79 Å². The second kappa shape index (κ2) is 3.66. The first-order valence-corrected chi connectivity index (χ1v) is 5.07. The lowest BCUT2D eigenvalue weighted by Gasteiger charge is -2.21. The summed E-state index contributed by atoms with van der Waals surface area (Å²) in [5, 5.41) is 3.42. The molecule has 0 amide bonds. The monoisotopic (exact) mass is 183 g/mol. The van der Waals surface area contributed by atoms with Crippen LogP contribution in [0.15, 0.2) is 0 Å². The summed E-state index contributed by atoms with van der Waals surface area (Å²) in [5.41, 5.74) is 0. The van der Waals surface area contributed by atoms with E-state index in [-0.39, 0.29) is 5.97 Å². The van der Waals surface area contributed by atoms with Crippen molar-refractivity contribution in [3.8, 4) is 0 Å². The van der Waals surface area contributed by atoms with E-state index in [4.69, 9.17) is 4.74 Å². The summed E-state index contributed by atoms with van der Waals surface area (Å²) in [6.45, 7) is 2.24. The first-order chi connectivity index (χ1) is 6.29. The number of esters is 1. The van der Waals surface area contributed by atoms with Gasteiger partial charge in [0, 0.05) is 6.42 Å². The third-order valence-corrected chi connectivity index (χ3v) is 3.43. The molecule has 13 heavy (non-hydrogen) atoms. The smallest absolute Gasteiger partial charge is 0.305 e. The Hall–Kier alpha value is -0.570. The number of piperidine rings is 1. The number of hydrogen-bond acceptors (Lipinski definition) is 3. The van der Waals surface area contributed by atoms with Crippen LogP contribution in [0, 0.1) is 17.8 Å². The molecule has 2 bridgehead atoms. The summed E-state index contributed by atoms with van der Waals surface area (Å²) < 4.78 is 4.70. The standard InChI is InChI=1S/C10H17NO2/c1-13-10(12)4-8-2-7-3-9(8)6-11-5-7/h7-9,11H,2-6H2,1H3/t7-,8+,9+/m0/s1. The van der Waals surface area contributed by atoms with E-state index in [1.807, 2.05) is 0 Å². The van der Waals surface area contributed by atoms with Crippen LogP contribution in [0.5, 0.6) is 0 Å². The van der Waals surface area contributed by atoms with Gasteiger partial charge in [0.1, 0.15) is 0 Å². The fraction of sp³-hybridized carbons (Fsp3) is 0.900. The number of fused-ring (bicyclic) bond motifs is 2. The zero-order valence-electron chi connectivity index (χ0n) is 8.08. The summed E-state index contributed by atoms with van der Waals surface area (Å²) >= 11 is 0. The van der Waals surface area contributed by atoms with Gasteiger partial charge in [-0.05, 0) is 43.7 Å². The molecule has 0 radical (unpaired) electrons. The number of hydrogen-bond donors (Lipinski definition) is 1. The Balaban J connectivity index is 1.90. The minimum absolute atomic E-state index is 0.0439. The van der Waals surface area contributed by atoms with E-state index in [2.05, 4.69) is 5.32 Å². The summed E-state index contributed by atoms with van der Waals surface area (Å²) in [7, 11) is 1.47. The van der Waals surface area contributed by atoms with E-state index in [0.717, 1.165) is 24.9 Å². The van der Waals surface area contributed by atoms with Crippen LogP contribution in [0.2, 0.25) is 0 Å². The first kappa shape index (κ1) is 9.00. The summed E-state index contributed by atoms with van der Waals surface area (Å²) in [6, 6.07) is 0. The minimum Gasteiger partial charge on any atom is -0.469 e. The summed E-state index contributed by atoms with van der Waals surface area (Å²) in [6.07, 6.45) is 3.15. The number of carbonyl (C=O) groups is 1. The molecule has 3 atom stereocenters. The van der Waals surface area contributed by atoms with Gasteiger partial charge in [0.15, 0.2) is 0 Å². The zero-order chi connectivity index (χ0) is 9.26. The fourth-order valence-electron chi connectivity index (χ4n) is 2.77. The van der Waals surface area contributed by atoms with Crippen molar-refractivity contribution in [2.45, 2.75) is 19.3 Å². The zero-order valence-corrected chi connectivity index (χ0v) is 8.08. The van der Waals surface area contributed by atoms with Crippen LogP contribution in [0.4, 0.5) is 0 Å². The maximum atomic E-state index is 11.1. The Labute approximate surface area is 78.8 Å². The SMILES string of the molecule is COC(=O)C[C@H]1C[C@@H]2CNC[C@H]1C2. The van der Waals surface area contributed by atoms with Crippen LogP contribution in [0.1, 0.15) is 19.3 Å². The van der Waals surface area contributed by atoms with Gasteiger partial charge in [0.05, 0.1) is 7.11 Å². The van der Waals surface area contributed by atoms with Gasteiger partial charge in [0.2, 0.25) is 0 Å². The molecule has 0 aromatic heterocycles. The maximum absolute atomic E-state index is 11.1. The van der Waals surface area contributed by atoms with Gasteiger partial charge >= 0.3 is 5.97 Å². The molecule has 2 rings (SSSR count). The van der Waals surface area contributed by atoms with Crippen molar-refractivity contribution in [2.75, 3.05) is 20.2 Å². The average molecular weight is 183 g/mol. The Morgan fingerprint density at radius 1 is 1.46 bits per heavy atom. The molecule has 74 valence electrons. The maximum Gasteiger partial charge on any atom is 0.305 e. The van der Waals surface area contributed by atoms with Gasteiger partial charge in [-0.25, -0.2) is 0 Å². The highest BCUT2D eigenvalue weighted by molar-refractivity contribution is 5.69. The summed E-state index contributed by atoms with van der Waals surface area (Å²) in [4.78, 5) is 11.1. The van der Waals surface area contributed by atoms with E-state index >= 15 is 0 Å². The lowest BCUT2D eigenvalue weighted by Crippen LogP contribution is -2.32. The van der Waals surface area contributed by atoms with Crippen LogP contribution in [0.3, 0.4) is 0 Å². The van der Waals surface area contributed by atoms with Crippen molar-refractivity contribution in [3.05, 3.63) is 0 Å². The number of carbonyl (C=O) groups excluding carboxylic acids is 1. The number of methoxy groups -OCH3 is 1. The van der Waals surface area contributed by atoms with Gasteiger partial charge < -0.3 is 10.1 Å². The van der Waals surface area contributed by atoms with Crippen LogP contribution in [-0.4, -0.2) is 26.2 Å². The Morgan fingerprint density at radius 3 is 3.00 bits per heavy atom. The molecule has 3 nitrogen and oxygen atoms in total. The van der Waals surface area contributed by atoms with Crippen molar-refractivity contribution in [1.29, 1.82) is 0 Å². The molecule has 1 saturated heterocycles. The van der Waals surface area contributed by atoms with Crippen molar-refractivity contribution in [3.63, 3.8) is 0 Å². The second-order valence-electron chi connectivity index (χ2n) is 4.30. The quantitative estimate of drug-likeness (QED) is 0.643. The van der Waals surface area contributed by atoms with Crippen molar-refractivity contribution in [2.24, 2.45) is 17.8 Å². The van der Waals surface area contributed by atoms with Gasteiger partial charge in [-0.15, -0.1) is 0 Å². The molecule has 1 heterocycles. The van der Waals surface area contributed by atoms with E-state index in [9.17, 15) is 4.79 Å². The van der Waals surface area contributed by atoms with Crippen LogP contribution in [-0.2, 0) is 9.53 Å². The second-order valence-corrected chi connectivity index (χ2v) is 4.30. The highest BCUT2D eigenvalue weighted by Crippen LogP contribution is 2.40. The molecule has 1 saturated carbocycles. The van der Waals surface area contributed by atoms with Crippen molar-refractivity contribution >= 4 is 5.97 Å². The summed E-state index contributed by atoms with van der Waals surface area (Å²) in [5.74, 6) is 2.07. The largest absolute Gasteiger partial charge is 0.469 e. The lowest BCUT2D eigenvalue weighted by molar-refractivity contribution is -0.142. The van der Waals surface area contributed by atoms with E-state index < -0.39 is 0 Å². The van der Waals surface area contributed by atoms with E-state index in [1.165, 1.54) is 20.0 Å². The highest BCUT2D eigenvalue weighted by Gasteiger charge is 2.37. The predicted molar refractivity (Wildman–Crippen MR) is 49.2 cm³/mol. The molecule has 0 unspecified atom stereocenters. The molecule has 0 spiro atoms. The molecule has 1 aliphatic carbocycles. The minimum atomic E-state index is -0.0439. The Morgan fingerprint density at radius 2 is 2.31 bits per heavy atom. The average Bonchev–Trinajstić information content (AvgIpc) is 2.42. The van der Waals surface area contributed by atoms with Crippen LogP contribution in [0.25, 0.3) is 0 Å². The van der Waals surface area contributed by atoms with Crippen LogP contribution < -0.4 is 5.32 Å². The first-order valence-electron chi connectivity index (χ1n) is 5.07. The lowest BCUT2D eigenvalue weighted by atomic mass is 9.93. The normalized spacial score (nSPS) is 37.5. The van der Waals surface area contributed by atoms with Gasteiger partial charge in [0.25, 0.3) is 0 Å². The Kier molecular flexibility index (Phi) is 2.54. The molecule has 3 heteroatoms. The van der Waals surface area contributed by atoms with Crippen molar-refractivity contribution < 1.29 is 9.53 Å². The topological polar surface area (TPSA) is 38.3 Å². The molecule has 1 aliphatic heterocycles. The van der Waals surface area contributed by atoms with Gasteiger partial charge in [-0.2, -0.15) is 0 Å². The molecule has 0 aromatic carbocycles. The molecular formula is C10H17NO2. The van der Waals surface area contributed by atoms with Crippen LogP contribution >= 0.6 is 0 Å². The van der Waals surface area contributed by atoms with Gasteiger partial charge in [-0.1, -0.05) is 0 Å². The van der Waals surface area contributed by atoms with E-state index in [0.29, 0.717) is 12.3 Å². The van der Waals surface area contributed by atoms with Crippen molar-refractivity contribution in [1.82, 2.24) is 5.32 Å². The number of nitrogens with one attached hydrogen (secondary N) is 1. The molecule has 1 N–H and O–H groups in total. The molecule has 2 fully saturated rings. The molecule has 2 aliphatic rings. The molecular weight excluding hydrogens is 166 g/mol. The predicted octanol–water partition coefficient (Wildman–Crippen LogP) is 0.795. The molecule has 0 aromatic rings. The number of rotatable bonds is 2. The Bertz CT molecular complexity index is 205. The fourth-order valence-corrected chi connectivity index (χ4v) is 2.77. The third kappa shape index (κ3) is 1.85. The van der Waals surface area contributed by atoms with E-state index in [1.54, 1.807) is 0 Å². The third-order valence-electron chi connectivity index (χ3n) is 3.43. The highest BCUT2D eigenvalue weighted by atomic mass is 16.5. The number of ether oxygens (including phenoxy) is 1.